The Balaban J connectivity index is 1.33. The zero-order chi connectivity index (χ0) is 22.4. The van der Waals surface area contributed by atoms with Gasteiger partial charge < -0.3 is 25.3 Å². The van der Waals surface area contributed by atoms with Crippen molar-refractivity contribution in [1.29, 1.82) is 0 Å². The third-order valence-corrected chi connectivity index (χ3v) is 6.39. The first kappa shape index (κ1) is 19.7. The molecule has 5 heterocycles. The molecule has 0 atom stereocenters. The molecular formula is C24H23N7O2. The van der Waals surface area contributed by atoms with Crippen LogP contribution in [0.3, 0.4) is 0 Å². The number of anilines is 3. The van der Waals surface area contributed by atoms with Crippen LogP contribution < -0.4 is 25.8 Å². The Labute approximate surface area is 189 Å². The van der Waals surface area contributed by atoms with Crippen LogP contribution >= 0.6 is 0 Å². The molecule has 9 nitrogen and oxygen atoms in total. The van der Waals surface area contributed by atoms with Crippen LogP contribution in [-0.2, 0) is 0 Å². The molecule has 2 fully saturated rings. The monoisotopic (exact) mass is 441 g/mol. The predicted molar refractivity (Wildman–Crippen MR) is 127 cm³/mol. The van der Waals surface area contributed by atoms with Gasteiger partial charge in [0.25, 0.3) is 5.56 Å². The normalized spacial score (nSPS) is 16.3. The second kappa shape index (κ2) is 7.56. The van der Waals surface area contributed by atoms with Crippen molar-refractivity contribution in [2.45, 2.75) is 0 Å². The maximum Gasteiger partial charge on any atom is 0.259 e. The molecule has 0 unspecified atom stereocenters. The average molecular weight is 441 g/mol. The highest BCUT2D eigenvalue weighted by Crippen LogP contribution is 2.38. The van der Waals surface area contributed by atoms with Gasteiger partial charge in [0.2, 0.25) is 5.88 Å². The molecule has 166 valence electrons. The fourth-order valence-corrected chi connectivity index (χ4v) is 4.55. The molecule has 2 aliphatic rings. The SMILES string of the molecule is COc1cncc(-c2cc3cc[nH]c(=O)c3c(Nc3ccc(N4CC5(CNC5)C4)cc3)n2)n1. The first-order chi connectivity index (χ1) is 16.1. The minimum Gasteiger partial charge on any atom is -0.480 e. The molecule has 2 saturated heterocycles. The highest BCUT2D eigenvalue weighted by molar-refractivity contribution is 5.94. The zero-order valence-electron chi connectivity index (χ0n) is 18.1. The lowest BCUT2D eigenvalue weighted by atomic mass is 9.74. The number of hydrogen-bond donors (Lipinski definition) is 3. The van der Waals surface area contributed by atoms with Crippen molar-refractivity contribution >= 4 is 28.0 Å². The van der Waals surface area contributed by atoms with E-state index < -0.39 is 0 Å². The number of pyridine rings is 2. The Morgan fingerprint density at radius 1 is 1.06 bits per heavy atom. The number of aromatic amines is 1. The van der Waals surface area contributed by atoms with Crippen LogP contribution in [0, 0.1) is 5.41 Å². The van der Waals surface area contributed by atoms with Gasteiger partial charge in [-0.15, -0.1) is 0 Å². The van der Waals surface area contributed by atoms with Crippen LogP contribution in [0.2, 0.25) is 0 Å². The maximum absolute atomic E-state index is 12.6. The highest BCUT2D eigenvalue weighted by Gasteiger charge is 2.47. The van der Waals surface area contributed by atoms with Crippen LogP contribution in [0.5, 0.6) is 5.88 Å². The van der Waals surface area contributed by atoms with E-state index in [1.807, 2.05) is 24.3 Å². The third kappa shape index (κ3) is 3.46. The molecule has 1 spiro atoms. The fraction of sp³-hybridized carbons (Fsp3) is 0.250. The van der Waals surface area contributed by atoms with E-state index in [2.05, 4.69) is 42.6 Å². The number of fused-ring (bicyclic) bond motifs is 1. The van der Waals surface area contributed by atoms with E-state index in [0.29, 0.717) is 33.9 Å². The highest BCUT2D eigenvalue weighted by atomic mass is 16.5. The number of nitrogens with zero attached hydrogens (tertiary/aromatic N) is 4. The van der Waals surface area contributed by atoms with Crippen molar-refractivity contribution < 1.29 is 4.74 Å². The molecule has 3 N–H and O–H groups in total. The average Bonchev–Trinajstić information content (AvgIpc) is 2.78. The van der Waals surface area contributed by atoms with E-state index in [4.69, 9.17) is 9.72 Å². The second-order valence-corrected chi connectivity index (χ2v) is 8.71. The number of benzene rings is 1. The van der Waals surface area contributed by atoms with Gasteiger partial charge in [-0.05, 0) is 41.8 Å². The lowest BCUT2D eigenvalue weighted by molar-refractivity contribution is 0.121. The number of aromatic nitrogens is 4. The number of nitrogens with one attached hydrogen (secondary N) is 3. The van der Waals surface area contributed by atoms with E-state index >= 15 is 0 Å². The van der Waals surface area contributed by atoms with Gasteiger partial charge in [0, 0.05) is 49.2 Å². The molecule has 0 amide bonds. The van der Waals surface area contributed by atoms with Gasteiger partial charge in [0.05, 0.1) is 30.6 Å². The van der Waals surface area contributed by atoms with Crippen molar-refractivity contribution in [3.05, 3.63) is 65.3 Å². The van der Waals surface area contributed by atoms with E-state index in [0.717, 1.165) is 37.3 Å². The van der Waals surface area contributed by atoms with Crippen LogP contribution in [0.4, 0.5) is 17.2 Å². The molecule has 9 heteroatoms. The summed E-state index contributed by atoms with van der Waals surface area (Å²) in [6.07, 6.45) is 4.79. The van der Waals surface area contributed by atoms with E-state index in [-0.39, 0.29) is 5.56 Å². The summed E-state index contributed by atoms with van der Waals surface area (Å²) in [5.74, 6) is 0.862. The molecule has 3 aromatic heterocycles. The summed E-state index contributed by atoms with van der Waals surface area (Å²) in [5, 5.41) is 7.94. The molecular weight excluding hydrogens is 418 g/mol. The number of H-pyrrole nitrogens is 1. The number of hydrogen-bond acceptors (Lipinski definition) is 8. The number of rotatable bonds is 5. The Hall–Kier alpha value is -3.98. The number of ether oxygens (including phenoxy) is 1. The van der Waals surface area contributed by atoms with Crippen molar-refractivity contribution in [2.24, 2.45) is 5.41 Å². The van der Waals surface area contributed by atoms with Gasteiger partial charge in [-0.1, -0.05) is 0 Å². The van der Waals surface area contributed by atoms with Gasteiger partial charge in [-0.3, -0.25) is 9.78 Å². The molecule has 0 radical (unpaired) electrons. The first-order valence-electron chi connectivity index (χ1n) is 10.8. The summed E-state index contributed by atoms with van der Waals surface area (Å²) in [7, 11) is 1.54. The van der Waals surface area contributed by atoms with Gasteiger partial charge >= 0.3 is 0 Å². The summed E-state index contributed by atoms with van der Waals surface area (Å²) >= 11 is 0. The molecule has 0 bridgehead atoms. The molecule has 0 aliphatic carbocycles. The van der Waals surface area contributed by atoms with Gasteiger partial charge in [0.1, 0.15) is 11.5 Å². The molecule has 33 heavy (non-hydrogen) atoms. The number of methoxy groups -OCH3 is 1. The lowest BCUT2D eigenvalue weighted by Gasteiger charge is -2.57. The van der Waals surface area contributed by atoms with Crippen molar-refractivity contribution in [3.63, 3.8) is 0 Å². The first-order valence-corrected chi connectivity index (χ1v) is 10.8. The molecule has 1 aromatic carbocycles. The van der Waals surface area contributed by atoms with Crippen molar-refractivity contribution in [2.75, 3.05) is 43.5 Å². The smallest absolute Gasteiger partial charge is 0.259 e. The third-order valence-electron chi connectivity index (χ3n) is 6.39. The second-order valence-electron chi connectivity index (χ2n) is 8.71. The van der Waals surface area contributed by atoms with E-state index in [1.165, 1.54) is 11.9 Å². The summed E-state index contributed by atoms with van der Waals surface area (Å²) in [6, 6.07) is 11.9. The Morgan fingerprint density at radius 3 is 2.61 bits per heavy atom. The largest absolute Gasteiger partial charge is 0.480 e. The standard InChI is InChI=1S/C24H23N7O2/c1-33-20-10-25-9-19(29-20)18-8-15-6-7-27-23(32)21(15)22(30-18)28-16-2-4-17(5-3-16)31-13-24(14-31)11-26-12-24/h2-10,26H,11-14H2,1H3,(H,27,32)(H,28,30). The van der Waals surface area contributed by atoms with Crippen molar-refractivity contribution in [1.82, 2.24) is 25.3 Å². The van der Waals surface area contributed by atoms with Gasteiger partial charge in [-0.25, -0.2) is 9.97 Å². The van der Waals surface area contributed by atoms with E-state index in [1.54, 1.807) is 19.5 Å². The van der Waals surface area contributed by atoms with Gasteiger partial charge in [0.15, 0.2) is 0 Å². The fourth-order valence-electron chi connectivity index (χ4n) is 4.55. The minimum absolute atomic E-state index is 0.206. The molecule has 0 saturated carbocycles. The lowest BCUT2D eigenvalue weighted by Crippen LogP contribution is -2.71. The van der Waals surface area contributed by atoms with Crippen LogP contribution in [-0.4, -0.2) is 53.2 Å². The molecule has 2 aliphatic heterocycles. The summed E-state index contributed by atoms with van der Waals surface area (Å²) in [5.41, 5.74) is 3.48. The minimum atomic E-state index is -0.206. The zero-order valence-corrected chi connectivity index (χ0v) is 18.1. The Kier molecular flexibility index (Phi) is 4.51. The van der Waals surface area contributed by atoms with Crippen LogP contribution in [0.15, 0.2) is 59.8 Å². The predicted octanol–water partition coefficient (Wildman–Crippen LogP) is 2.54. The Morgan fingerprint density at radius 2 is 1.88 bits per heavy atom. The summed E-state index contributed by atoms with van der Waals surface area (Å²) in [6.45, 7) is 4.42. The van der Waals surface area contributed by atoms with E-state index in [9.17, 15) is 4.79 Å². The quantitative estimate of drug-likeness (QED) is 0.434. The molecule has 6 rings (SSSR count). The Bertz CT molecular complexity index is 1390. The maximum atomic E-state index is 12.6. The topological polar surface area (TPSA) is 108 Å². The summed E-state index contributed by atoms with van der Waals surface area (Å²) in [4.78, 5) is 31.1. The summed E-state index contributed by atoms with van der Waals surface area (Å²) < 4.78 is 5.20. The van der Waals surface area contributed by atoms with Crippen LogP contribution in [0.1, 0.15) is 0 Å². The van der Waals surface area contributed by atoms with Crippen LogP contribution in [0.25, 0.3) is 22.2 Å². The van der Waals surface area contributed by atoms with Crippen molar-refractivity contribution in [3.8, 4) is 17.3 Å². The van der Waals surface area contributed by atoms with Gasteiger partial charge in [-0.2, -0.15) is 0 Å². The molecule has 4 aromatic rings.